The molecule has 4 nitrogen and oxygen atoms in total. The van der Waals surface area contributed by atoms with Crippen molar-refractivity contribution in [3.63, 3.8) is 0 Å². The molecule has 1 amide bonds. The Balaban J connectivity index is 3.17. The van der Waals surface area contributed by atoms with Gasteiger partial charge < -0.3 is 10.3 Å². The lowest BCUT2D eigenvalue weighted by atomic mass is 10.3. The summed E-state index contributed by atoms with van der Waals surface area (Å²) in [5, 5.41) is 0. The Kier molecular flexibility index (Phi) is 2.83. The van der Waals surface area contributed by atoms with Gasteiger partial charge in [0, 0.05) is 12.3 Å². The van der Waals surface area contributed by atoms with E-state index >= 15 is 0 Å². The van der Waals surface area contributed by atoms with E-state index in [-0.39, 0.29) is 0 Å². The predicted octanol–water partition coefficient (Wildman–Crippen LogP) is 0.352. The summed E-state index contributed by atoms with van der Waals surface area (Å²) < 4.78 is 37.2. The second-order valence-corrected chi connectivity index (χ2v) is 2.85. The molecule has 0 saturated carbocycles. The minimum atomic E-state index is -4.55. The number of carbonyl (C=O) groups excluding carboxylic acids is 1. The lowest BCUT2D eigenvalue weighted by molar-refractivity contribution is -0.138. The first-order chi connectivity index (χ1) is 6.80. The van der Waals surface area contributed by atoms with Gasteiger partial charge >= 0.3 is 6.18 Å². The molecule has 0 atom stereocenters. The maximum absolute atomic E-state index is 12.2. The van der Waals surface area contributed by atoms with Crippen LogP contribution in [0.2, 0.25) is 0 Å². The third-order valence-corrected chi connectivity index (χ3v) is 1.64. The summed E-state index contributed by atoms with van der Waals surface area (Å²) >= 11 is 0. The van der Waals surface area contributed by atoms with Gasteiger partial charge in [0.05, 0.1) is 5.56 Å². The molecule has 1 heterocycles. The number of halogens is 3. The molecule has 0 spiro atoms. The highest BCUT2D eigenvalue weighted by molar-refractivity contribution is 5.73. The average molecular weight is 220 g/mol. The minimum absolute atomic E-state index is 0.563. The fourth-order valence-corrected chi connectivity index (χ4v) is 0.990. The summed E-state index contributed by atoms with van der Waals surface area (Å²) in [6.45, 7) is -0.567. The summed E-state index contributed by atoms with van der Waals surface area (Å²) in [4.78, 5) is 21.5. The Labute approximate surface area is 82.1 Å². The number of hydrogen-bond acceptors (Lipinski definition) is 2. The molecule has 7 heteroatoms. The summed E-state index contributed by atoms with van der Waals surface area (Å²) in [7, 11) is 0. The van der Waals surface area contributed by atoms with Gasteiger partial charge in [0.25, 0.3) is 5.56 Å². The van der Waals surface area contributed by atoms with E-state index in [1.54, 1.807) is 0 Å². The van der Waals surface area contributed by atoms with Gasteiger partial charge in [0.2, 0.25) is 5.91 Å². The number of nitrogens with two attached hydrogens (primary N) is 1. The lowest BCUT2D eigenvalue weighted by Crippen LogP contribution is -2.28. The molecular formula is C8H7F3N2O2. The number of aromatic nitrogens is 1. The van der Waals surface area contributed by atoms with Crippen LogP contribution >= 0.6 is 0 Å². The van der Waals surface area contributed by atoms with Crippen molar-refractivity contribution in [3.05, 3.63) is 34.2 Å². The van der Waals surface area contributed by atoms with E-state index in [2.05, 4.69) is 0 Å². The van der Waals surface area contributed by atoms with Crippen LogP contribution in [0, 0.1) is 0 Å². The first-order valence-electron chi connectivity index (χ1n) is 3.86. The normalized spacial score (nSPS) is 11.4. The van der Waals surface area contributed by atoms with Crippen molar-refractivity contribution < 1.29 is 18.0 Å². The monoisotopic (exact) mass is 220 g/mol. The molecule has 1 rings (SSSR count). The Hall–Kier alpha value is -1.79. The first kappa shape index (κ1) is 11.3. The van der Waals surface area contributed by atoms with Gasteiger partial charge in [-0.1, -0.05) is 0 Å². The summed E-state index contributed by atoms with van der Waals surface area (Å²) in [6, 6.07) is 1.39. The molecular weight excluding hydrogens is 213 g/mol. The van der Waals surface area contributed by atoms with E-state index in [0.29, 0.717) is 16.8 Å². The number of primary amides is 1. The molecule has 2 N–H and O–H groups in total. The second kappa shape index (κ2) is 3.76. The zero-order valence-electron chi connectivity index (χ0n) is 7.41. The van der Waals surface area contributed by atoms with Gasteiger partial charge in [0.15, 0.2) is 0 Å². The molecule has 0 unspecified atom stereocenters. The zero-order chi connectivity index (χ0) is 11.6. The van der Waals surface area contributed by atoms with E-state index in [9.17, 15) is 22.8 Å². The van der Waals surface area contributed by atoms with Crippen molar-refractivity contribution in [2.24, 2.45) is 5.73 Å². The van der Waals surface area contributed by atoms with Crippen LogP contribution in [0.25, 0.3) is 0 Å². The van der Waals surface area contributed by atoms with Crippen molar-refractivity contribution in [2.75, 3.05) is 0 Å². The van der Waals surface area contributed by atoms with E-state index in [1.165, 1.54) is 0 Å². The van der Waals surface area contributed by atoms with Crippen LogP contribution in [0.1, 0.15) is 5.56 Å². The third-order valence-electron chi connectivity index (χ3n) is 1.64. The lowest BCUT2D eigenvalue weighted by Gasteiger charge is -2.08. The van der Waals surface area contributed by atoms with Gasteiger partial charge in [0.1, 0.15) is 6.54 Å². The van der Waals surface area contributed by atoms with E-state index in [0.717, 1.165) is 6.07 Å². The highest BCUT2D eigenvalue weighted by atomic mass is 19.4. The number of alkyl halides is 3. The average Bonchev–Trinajstić information content (AvgIpc) is 2.06. The first-order valence-corrected chi connectivity index (χ1v) is 3.86. The van der Waals surface area contributed by atoms with Gasteiger partial charge in [-0.05, 0) is 6.07 Å². The standard InChI is InChI=1S/C8H7F3N2O2/c9-8(10,11)5-1-2-7(15)13(3-5)4-6(12)14/h1-3H,4H2,(H2,12,14). The quantitative estimate of drug-likeness (QED) is 0.781. The van der Waals surface area contributed by atoms with Crippen LogP contribution in [0.15, 0.2) is 23.1 Å². The maximum atomic E-state index is 12.2. The highest BCUT2D eigenvalue weighted by Gasteiger charge is 2.31. The van der Waals surface area contributed by atoms with Gasteiger partial charge in [-0.15, -0.1) is 0 Å². The minimum Gasteiger partial charge on any atom is -0.368 e. The molecule has 0 aliphatic rings. The van der Waals surface area contributed by atoms with Crippen molar-refractivity contribution in [1.29, 1.82) is 0 Å². The zero-order valence-corrected chi connectivity index (χ0v) is 7.41. The van der Waals surface area contributed by atoms with E-state index in [1.807, 2.05) is 0 Å². The van der Waals surface area contributed by atoms with Crippen LogP contribution < -0.4 is 11.3 Å². The number of amides is 1. The van der Waals surface area contributed by atoms with Crippen molar-refractivity contribution in [1.82, 2.24) is 4.57 Å². The fourth-order valence-electron chi connectivity index (χ4n) is 0.990. The Morgan fingerprint density at radius 1 is 1.40 bits per heavy atom. The molecule has 1 aromatic heterocycles. The number of rotatable bonds is 2. The summed E-state index contributed by atoms with van der Waals surface area (Å²) in [5.41, 5.74) is 3.07. The Morgan fingerprint density at radius 2 is 2.00 bits per heavy atom. The van der Waals surface area contributed by atoms with Gasteiger partial charge in [-0.3, -0.25) is 9.59 Å². The van der Waals surface area contributed by atoms with Crippen molar-refractivity contribution >= 4 is 5.91 Å². The fraction of sp³-hybridized carbons (Fsp3) is 0.250. The van der Waals surface area contributed by atoms with Crippen LogP contribution in [0.3, 0.4) is 0 Å². The predicted molar refractivity (Wildman–Crippen MR) is 44.9 cm³/mol. The molecule has 0 radical (unpaired) electrons. The molecule has 0 fully saturated rings. The van der Waals surface area contributed by atoms with Gasteiger partial charge in [-0.25, -0.2) is 0 Å². The molecule has 0 aliphatic heterocycles. The Bertz CT molecular complexity index is 436. The molecule has 82 valence electrons. The summed E-state index contributed by atoms with van der Waals surface area (Å²) in [5.74, 6) is -0.878. The number of carbonyl (C=O) groups is 1. The molecule has 0 bridgehead atoms. The second-order valence-electron chi connectivity index (χ2n) is 2.85. The van der Waals surface area contributed by atoms with Crippen LogP contribution in [-0.2, 0) is 17.5 Å². The molecule has 0 aromatic carbocycles. The van der Waals surface area contributed by atoms with Crippen LogP contribution in [0.5, 0.6) is 0 Å². The topological polar surface area (TPSA) is 65.1 Å². The number of pyridine rings is 1. The molecule has 0 saturated heterocycles. The SMILES string of the molecule is NC(=O)Cn1cc(C(F)(F)F)ccc1=O. The summed E-state index contributed by atoms with van der Waals surface area (Å²) in [6.07, 6.45) is -3.99. The largest absolute Gasteiger partial charge is 0.417 e. The maximum Gasteiger partial charge on any atom is 0.417 e. The van der Waals surface area contributed by atoms with Crippen molar-refractivity contribution in [2.45, 2.75) is 12.7 Å². The van der Waals surface area contributed by atoms with Crippen LogP contribution in [-0.4, -0.2) is 10.5 Å². The van der Waals surface area contributed by atoms with Crippen molar-refractivity contribution in [3.8, 4) is 0 Å². The van der Waals surface area contributed by atoms with Crippen LogP contribution in [0.4, 0.5) is 13.2 Å². The molecule has 15 heavy (non-hydrogen) atoms. The Morgan fingerprint density at radius 3 is 2.47 bits per heavy atom. The third kappa shape index (κ3) is 2.83. The number of nitrogens with zero attached hydrogens (tertiary/aromatic N) is 1. The van der Waals surface area contributed by atoms with E-state index < -0.39 is 29.8 Å². The molecule has 1 aromatic rings. The molecule has 0 aliphatic carbocycles. The van der Waals surface area contributed by atoms with E-state index in [4.69, 9.17) is 5.73 Å². The number of hydrogen-bond donors (Lipinski definition) is 1. The van der Waals surface area contributed by atoms with Gasteiger partial charge in [-0.2, -0.15) is 13.2 Å². The highest BCUT2D eigenvalue weighted by Crippen LogP contribution is 2.27. The smallest absolute Gasteiger partial charge is 0.368 e.